The molecule has 1 heterocycles. The third-order valence-corrected chi connectivity index (χ3v) is 2.55. The third kappa shape index (κ3) is 2.05. The molecule has 0 fully saturated rings. The molecule has 1 aromatic heterocycles. The molecule has 1 N–H and O–H groups in total. The maximum atomic E-state index is 5.93. The Bertz CT molecular complexity index is 494. The van der Waals surface area contributed by atoms with Gasteiger partial charge < -0.3 is 5.32 Å². The molecule has 0 saturated heterocycles. The second-order valence-electron chi connectivity index (χ2n) is 3.52. The van der Waals surface area contributed by atoms with Crippen LogP contribution in [0.5, 0.6) is 0 Å². The zero-order valence-electron chi connectivity index (χ0n) is 8.84. The molecule has 2 nitrogen and oxygen atoms in total. The summed E-state index contributed by atoms with van der Waals surface area (Å²) in [6.45, 7) is 4.99. The predicted octanol–water partition coefficient (Wildman–Crippen LogP) is 3.63. The summed E-state index contributed by atoms with van der Waals surface area (Å²) in [4.78, 5) is 4.54. The number of anilines is 1. The molecule has 0 amide bonds. The predicted molar refractivity (Wildman–Crippen MR) is 65.7 cm³/mol. The van der Waals surface area contributed by atoms with Crippen molar-refractivity contribution in [1.82, 2.24) is 4.98 Å². The number of nitrogens with one attached hydrogen (secondary N) is 1. The molecular formula is C12H13ClN2. The molecule has 0 radical (unpaired) electrons. The van der Waals surface area contributed by atoms with Gasteiger partial charge in [0, 0.05) is 17.0 Å². The fraction of sp³-hybridized carbons (Fsp3) is 0.250. The molecule has 0 saturated carbocycles. The largest absolute Gasteiger partial charge is 0.370 e. The number of hydrogen-bond donors (Lipinski definition) is 1. The standard InChI is InChI=1S/C12H13ClN2/c1-3-14-12-8(2)6-9-7-10(13)4-5-11(9)15-12/h4-7H,3H2,1-2H3,(H,14,15). The van der Waals surface area contributed by atoms with E-state index in [0.29, 0.717) is 0 Å². The molecule has 0 aliphatic carbocycles. The van der Waals surface area contributed by atoms with E-state index in [4.69, 9.17) is 11.6 Å². The molecule has 0 aliphatic heterocycles. The zero-order chi connectivity index (χ0) is 10.8. The van der Waals surface area contributed by atoms with E-state index >= 15 is 0 Å². The Balaban J connectivity index is 2.60. The number of halogens is 1. The molecule has 78 valence electrons. The van der Waals surface area contributed by atoms with E-state index in [1.54, 1.807) is 0 Å². The van der Waals surface area contributed by atoms with Crippen LogP contribution in [0.3, 0.4) is 0 Å². The van der Waals surface area contributed by atoms with Gasteiger partial charge in [-0.25, -0.2) is 4.98 Å². The van der Waals surface area contributed by atoms with Gasteiger partial charge in [-0.3, -0.25) is 0 Å². The summed E-state index contributed by atoms with van der Waals surface area (Å²) >= 11 is 5.93. The van der Waals surface area contributed by atoms with E-state index in [9.17, 15) is 0 Å². The Morgan fingerprint density at radius 1 is 1.33 bits per heavy atom. The van der Waals surface area contributed by atoms with Crippen LogP contribution < -0.4 is 5.32 Å². The van der Waals surface area contributed by atoms with Crippen molar-refractivity contribution in [2.24, 2.45) is 0 Å². The highest BCUT2D eigenvalue weighted by molar-refractivity contribution is 6.31. The lowest BCUT2D eigenvalue weighted by atomic mass is 10.1. The second-order valence-corrected chi connectivity index (χ2v) is 3.96. The molecule has 15 heavy (non-hydrogen) atoms. The van der Waals surface area contributed by atoms with Gasteiger partial charge in [0.05, 0.1) is 5.52 Å². The molecular weight excluding hydrogens is 208 g/mol. The maximum absolute atomic E-state index is 5.93. The van der Waals surface area contributed by atoms with Crippen molar-refractivity contribution in [1.29, 1.82) is 0 Å². The average Bonchev–Trinajstić information content (AvgIpc) is 2.20. The van der Waals surface area contributed by atoms with Crippen LogP contribution in [-0.4, -0.2) is 11.5 Å². The third-order valence-electron chi connectivity index (χ3n) is 2.31. The average molecular weight is 221 g/mol. The van der Waals surface area contributed by atoms with Gasteiger partial charge in [0.2, 0.25) is 0 Å². The van der Waals surface area contributed by atoms with Gasteiger partial charge in [0.25, 0.3) is 0 Å². The number of hydrogen-bond acceptors (Lipinski definition) is 2. The van der Waals surface area contributed by atoms with Crippen LogP contribution in [0.1, 0.15) is 12.5 Å². The van der Waals surface area contributed by atoms with E-state index in [2.05, 4.69) is 23.3 Å². The van der Waals surface area contributed by atoms with Crippen molar-refractivity contribution >= 4 is 28.3 Å². The highest BCUT2D eigenvalue weighted by Gasteiger charge is 2.02. The Morgan fingerprint density at radius 3 is 2.87 bits per heavy atom. The summed E-state index contributed by atoms with van der Waals surface area (Å²) in [7, 11) is 0. The van der Waals surface area contributed by atoms with Crippen LogP contribution in [0.2, 0.25) is 5.02 Å². The summed E-state index contributed by atoms with van der Waals surface area (Å²) in [6.07, 6.45) is 0. The maximum Gasteiger partial charge on any atom is 0.129 e. The fourth-order valence-electron chi connectivity index (χ4n) is 1.60. The van der Waals surface area contributed by atoms with Crippen LogP contribution >= 0.6 is 11.6 Å². The van der Waals surface area contributed by atoms with Gasteiger partial charge in [-0.1, -0.05) is 11.6 Å². The Kier molecular flexibility index (Phi) is 2.78. The fourth-order valence-corrected chi connectivity index (χ4v) is 1.78. The minimum Gasteiger partial charge on any atom is -0.370 e. The van der Waals surface area contributed by atoms with Gasteiger partial charge in [-0.15, -0.1) is 0 Å². The van der Waals surface area contributed by atoms with Crippen LogP contribution in [0.4, 0.5) is 5.82 Å². The number of benzene rings is 1. The minimum atomic E-state index is 0.750. The van der Waals surface area contributed by atoms with E-state index in [0.717, 1.165) is 33.9 Å². The van der Waals surface area contributed by atoms with Crippen LogP contribution in [-0.2, 0) is 0 Å². The van der Waals surface area contributed by atoms with E-state index < -0.39 is 0 Å². The summed E-state index contributed by atoms with van der Waals surface area (Å²) in [6, 6.07) is 7.85. The van der Waals surface area contributed by atoms with Gasteiger partial charge >= 0.3 is 0 Å². The molecule has 0 atom stereocenters. The van der Waals surface area contributed by atoms with Crippen molar-refractivity contribution in [3.63, 3.8) is 0 Å². The molecule has 0 bridgehead atoms. The smallest absolute Gasteiger partial charge is 0.129 e. The first kappa shape index (κ1) is 10.2. The van der Waals surface area contributed by atoms with Gasteiger partial charge in [0.1, 0.15) is 5.82 Å². The first-order chi connectivity index (χ1) is 7.20. The SMILES string of the molecule is CCNc1nc2ccc(Cl)cc2cc1C. The lowest BCUT2D eigenvalue weighted by Crippen LogP contribution is -2.01. The lowest BCUT2D eigenvalue weighted by molar-refractivity contribution is 1.16. The topological polar surface area (TPSA) is 24.9 Å². The molecule has 2 aromatic rings. The Morgan fingerprint density at radius 2 is 2.13 bits per heavy atom. The molecule has 0 aliphatic rings. The van der Waals surface area contributed by atoms with E-state index in [1.807, 2.05) is 25.1 Å². The van der Waals surface area contributed by atoms with E-state index in [1.165, 1.54) is 0 Å². The summed E-state index contributed by atoms with van der Waals surface area (Å²) < 4.78 is 0. The quantitative estimate of drug-likeness (QED) is 0.836. The highest BCUT2D eigenvalue weighted by Crippen LogP contribution is 2.22. The van der Waals surface area contributed by atoms with Crippen LogP contribution in [0.15, 0.2) is 24.3 Å². The summed E-state index contributed by atoms with van der Waals surface area (Å²) in [5, 5.41) is 5.07. The summed E-state index contributed by atoms with van der Waals surface area (Å²) in [5.41, 5.74) is 2.12. The normalized spacial score (nSPS) is 10.6. The molecule has 3 heteroatoms. The molecule has 1 aromatic carbocycles. The first-order valence-corrected chi connectivity index (χ1v) is 5.39. The van der Waals surface area contributed by atoms with E-state index in [-0.39, 0.29) is 0 Å². The minimum absolute atomic E-state index is 0.750. The Hall–Kier alpha value is -1.28. The Labute approximate surface area is 94.3 Å². The first-order valence-electron chi connectivity index (χ1n) is 5.01. The number of pyridine rings is 1. The van der Waals surface area contributed by atoms with Crippen LogP contribution in [0, 0.1) is 6.92 Å². The number of aromatic nitrogens is 1. The number of fused-ring (bicyclic) bond motifs is 1. The summed E-state index contributed by atoms with van der Waals surface area (Å²) in [5.74, 6) is 0.951. The number of rotatable bonds is 2. The highest BCUT2D eigenvalue weighted by atomic mass is 35.5. The number of nitrogens with zero attached hydrogens (tertiary/aromatic N) is 1. The van der Waals surface area contributed by atoms with Crippen molar-refractivity contribution in [2.75, 3.05) is 11.9 Å². The van der Waals surface area contributed by atoms with Gasteiger partial charge in [0.15, 0.2) is 0 Å². The monoisotopic (exact) mass is 220 g/mol. The van der Waals surface area contributed by atoms with Crippen molar-refractivity contribution < 1.29 is 0 Å². The van der Waals surface area contributed by atoms with Crippen molar-refractivity contribution in [3.8, 4) is 0 Å². The van der Waals surface area contributed by atoms with Crippen molar-refractivity contribution in [2.45, 2.75) is 13.8 Å². The lowest BCUT2D eigenvalue weighted by Gasteiger charge is -2.08. The van der Waals surface area contributed by atoms with Gasteiger partial charge in [-0.05, 0) is 43.7 Å². The van der Waals surface area contributed by atoms with Crippen molar-refractivity contribution in [3.05, 3.63) is 34.9 Å². The zero-order valence-corrected chi connectivity index (χ0v) is 9.60. The molecule has 0 spiro atoms. The molecule has 2 rings (SSSR count). The number of aryl methyl sites for hydroxylation is 1. The van der Waals surface area contributed by atoms with Gasteiger partial charge in [-0.2, -0.15) is 0 Å². The second kappa shape index (κ2) is 4.07. The van der Waals surface area contributed by atoms with Crippen LogP contribution in [0.25, 0.3) is 10.9 Å². The molecule has 0 unspecified atom stereocenters.